The molecule has 2 rings (SSSR count). The Morgan fingerprint density at radius 3 is 2.55 bits per heavy atom. The number of allylic oxidation sites excluding steroid dienone is 3. The second-order valence-electron chi connectivity index (χ2n) is 5.67. The van der Waals surface area contributed by atoms with Crippen molar-refractivity contribution in [1.29, 1.82) is 0 Å². The van der Waals surface area contributed by atoms with Gasteiger partial charge < -0.3 is 10.0 Å². The highest BCUT2D eigenvalue weighted by atomic mass is 16.4. The summed E-state index contributed by atoms with van der Waals surface area (Å²) in [5, 5.41) is 9.39. The van der Waals surface area contributed by atoms with E-state index < -0.39 is 12.0 Å². The Bertz CT molecular complexity index is 427. The fourth-order valence-electron chi connectivity index (χ4n) is 3.53. The molecule has 2 fully saturated rings. The van der Waals surface area contributed by atoms with Crippen molar-refractivity contribution >= 4 is 11.9 Å². The molecule has 1 N–H and O–H groups in total. The summed E-state index contributed by atoms with van der Waals surface area (Å²) in [5.74, 6) is -0.549. The summed E-state index contributed by atoms with van der Waals surface area (Å²) in [7, 11) is 0. The maximum Gasteiger partial charge on any atom is 0.326 e. The zero-order valence-corrected chi connectivity index (χ0v) is 12.0. The SMILES string of the molecule is CC=CC=CC(=O)N1C(C(=O)O)CCC2CCCCC21. The van der Waals surface area contributed by atoms with Crippen molar-refractivity contribution in [2.45, 2.75) is 57.5 Å². The third kappa shape index (κ3) is 3.11. The van der Waals surface area contributed by atoms with Gasteiger partial charge >= 0.3 is 5.97 Å². The van der Waals surface area contributed by atoms with Crippen LogP contribution in [0.1, 0.15) is 45.4 Å². The van der Waals surface area contributed by atoms with Gasteiger partial charge in [0.15, 0.2) is 0 Å². The molecule has 110 valence electrons. The summed E-state index contributed by atoms with van der Waals surface area (Å²) in [6, 6.07) is -0.543. The molecule has 0 aromatic carbocycles. The lowest BCUT2D eigenvalue weighted by Gasteiger charge is -2.46. The van der Waals surface area contributed by atoms with Gasteiger partial charge in [0.1, 0.15) is 6.04 Å². The number of hydrogen-bond acceptors (Lipinski definition) is 2. The minimum absolute atomic E-state index is 0.112. The van der Waals surface area contributed by atoms with Gasteiger partial charge in [0.2, 0.25) is 5.91 Å². The molecule has 3 unspecified atom stereocenters. The van der Waals surface area contributed by atoms with Crippen LogP contribution in [0.25, 0.3) is 0 Å². The van der Waals surface area contributed by atoms with E-state index >= 15 is 0 Å². The molecule has 1 amide bonds. The summed E-state index contributed by atoms with van der Waals surface area (Å²) in [5.41, 5.74) is 0. The summed E-state index contributed by atoms with van der Waals surface area (Å²) in [4.78, 5) is 25.5. The van der Waals surface area contributed by atoms with E-state index in [2.05, 4.69) is 0 Å². The quantitative estimate of drug-likeness (QED) is 0.637. The van der Waals surface area contributed by atoms with E-state index in [1.54, 1.807) is 17.1 Å². The minimum atomic E-state index is -0.873. The zero-order valence-electron chi connectivity index (χ0n) is 12.0. The second kappa shape index (κ2) is 6.73. The molecule has 1 saturated carbocycles. The van der Waals surface area contributed by atoms with E-state index in [1.807, 2.05) is 13.0 Å². The lowest BCUT2D eigenvalue weighted by atomic mass is 9.76. The molecule has 1 aliphatic heterocycles. The van der Waals surface area contributed by atoms with Crippen molar-refractivity contribution in [2.24, 2.45) is 5.92 Å². The van der Waals surface area contributed by atoms with Gasteiger partial charge in [0, 0.05) is 12.1 Å². The lowest BCUT2D eigenvalue weighted by Crippen LogP contribution is -2.57. The highest BCUT2D eigenvalue weighted by Gasteiger charge is 2.42. The van der Waals surface area contributed by atoms with Crippen LogP contribution in [0.2, 0.25) is 0 Å². The molecule has 4 nitrogen and oxygen atoms in total. The molecule has 0 radical (unpaired) electrons. The van der Waals surface area contributed by atoms with Crippen LogP contribution in [0, 0.1) is 5.92 Å². The predicted octanol–water partition coefficient (Wildman–Crippen LogP) is 2.75. The van der Waals surface area contributed by atoms with E-state index in [1.165, 1.54) is 12.5 Å². The molecule has 1 aliphatic carbocycles. The molecule has 4 heteroatoms. The number of hydrogen-bond donors (Lipinski definition) is 1. The summed E-state index contributed by atoms with van der Waals surface area (Å²) >= 11 is 0. The Labute approximate surface area is 120 Å². The van der Waals surface area contributed by atoms with Crippen molar-refractivity contribution in [1.82, 2.24) is 4.90 Å². The largest absolute Gasteiger partial charge is 0.480 e. The van der Waals surface area contributed by atoms with Crippen molar-refractivity contribution in [3.05, 3.63) is 24.3 Å². The van der Waals surface area contributed by atoms with E-state index in [9.17, 15) is 14.7 Å². The van der Waals surface area contributed by atoms with Gasteiger partial charge in [-0.3, -0.25) is 4.79 Å². The normalized spacial score (nSPS) is 30.6. The maximum atomic E-state index is 12.4. The van der Waals surface area contributed by atoms with Crippen LogP contribution in [-0.2, 0) is 9.59 Å². The number of carboxylic acid groups (broad SMARTS) is 1. The monoisotopic (exact) mass is 277 g/mol. The smallest absolute Gasteiger partial charge is 0.326 e. The second-order valence-corrected chi connectivity index (χ2v) is 5.67. The first-order valence-electron chi connectivity index (χ1n) is 7.49. The van der Waals surface area contributed by atoms with Crippen LogP contribution in [0.15, 0.2) is 24.3 Å². The molecule has 20 heavy (non-hydrogen) atoms. The molecule has 0 aromatic rings. The molecule has 2 aliphatic rings. The van der Waals surface area contributed by atoms with Crippen molar-refractivity contribution < 1.29 is 14.7 Å². The first-order valence-corrected chi connectivity index (χ1v) is 7.49. The number of nitrogens with zero attached hydrogens (tertiary/aromatic N) is 1. The van der Waals surface area contributed by atoms with E-state index in [0.29, 0.717) is 12.3 Å². The minimum Gasteiger partial charge on any atom is -0.480 e. The number of piperidine rings is 1. The molecular formula is C16H23NO3. The van der Waals surface area contributed by atoms with E-state index in [-0.39, 0.29) is 11.9 Å². The van der Waals surface area contributed by atoms with Crippen LogP contribution < -0.4 is 0 Å². The topological polar surface area (TPSA) is 57.6 Å². The molecule has 3 atom stereocenters. The fraction of sp³-hybridized carbons (Fsp3) is 0.625. The Morgan fingerprint density at radius 1 is 1.10 bits per heavy atom. The van der Waals surface area contributed by atoms with Crippen LogP contribution in [-0.4, -0.2) is 34.0 Å². The van der Waals surface area contributed by atoms with Gasteiger partial charge in [-0.2, -0.15) is 0 Å². The molecule has 0 spiro atoms. The fourth-order valence-corrected chi connectivity index (χ4v) is 3.53. The van der Waals surface area contributed by atoms with Crippen molar-refractivity contribution in [2.75, 3.05) is 0 Å². The molecule has 1 saturated heterocycles. The maximum absolute atomic E-state index is 12.4. The molecule has 0 aromatic heterocycles. The Kier molecular flexibility index (Phi) is 4.99. The van der Waals surface area contributed by atoms with Gasteiger partial charge in [-0.25, -0.2) is 4.79 Å². The van der Waals surface area contributed by atoms with Crippen LogP contribution in [0.3, 0.4) is 0 Å². The molecular weight excluding hydrogens is 254 g/mol. The van der Waals surface area contributed by atoms with Crippen molar-refractivity contribution in [3.8, 4) is 0 Å². The average molecular weight is 277 g/mol. The van der Waals surface area contributed by atoms with E-state index in [0.717, 1.165) is 25.7 Å². The molecule has 1 heterocycles. The Hall–Kier alpha value is -1.58. The van der Waals surface area contributed by atoms with Gasteiger partial charge in [-0.1, -0.05) is 31.1 Å². The van der Waals surface area contributed by atoms with Gasteiger partial charge in [0.25, 0.3) is 0 Å². The number of likely N-dealkylation sites (tertiary alicyclic amines) is 1. The standard InChI is InChI=1S/C16H23NO3/c1-2-3-4-9-15(18)17-13-8-6-5-7-12(13)10-11-14(17)16(19)20/h2-4,9,12-14H,5-8,10-11H2,1H3,(H,19,20). The average Bonchev–Trinajstić information content (AvgIpc) is 2.46. The lowest BCUT2D eigenvalue weighted by molar-refractivity contribution is -0.155. The van der Waals surface area contributed by atoms with Crippen LogP contribution in [0.5, 0.6) is 0 Å². The summed E-state index contributed by atoms with van der Waals surface area (Å²) in [6.07, 6.45) is 12.7. The highest BCUT2D eigenvalue weighted by molar-refractivity contribution is 5.92. The number of rotatable bonds is 3. The first kappa shape index (κ1) is 14.8. The number of carbonyl (C=O) groups is 2. The zero-order chi connectivity index (χ0) is 14.5. The Morgan fingerprint density at radius 2 is 1.85 bits per heavy atom. The summed E-state index contributed by atoms with van der Waals surface area (Å²) in [6.45, 7) is 1.88. The number of carboxylic acids is 1. The van der Waals surface area contributed by atoms with Gasteiger partial charge in [-0.15, -0.1) is 0 Å². The van der Waals surface area contributed by atoms with Gasteiger partial charge in [0.05, 0.1) is 0 Å². The number of amides is 1. The Balaban J connectivity index is 2.20. The third-order valence-electron chi connectivity index (χ3n) is 4.45. The molecule has 0 bridgehead atoms. The number of aliphatic carboxylic acids is 1. The van der Waals surface area contributed by atoms with Gasteiger partial charge in [-0.05, 0) is 38.5 Å². The summed E-state index contributed by atoms with van der Waals surface area (Å²) < 4.78 is 0. The predicted molar refractivity (Wildman–Crippen MR) is 77.2 cm³/mol. The van der Waals surface area contributed by atoms with Crippen LogP contribution >= 0.6 is 0 Å². The third-order valence-corrected chi connectivity index (χ3v) is 4.45. The van der Waals surface area contributed by atoms with Crippen LogP contribution in [0.4, 0.5) is 0 Å². The number of carbonyl (C=O) groups excluding carboxylic acids is 1. The number of fused-ring (bicyclic) bond motifs is 1. The first-order chi connectivity index (χ1) is 9.65. The van der Waals surface area contributed by atoms with E-state index in [4.69, 9.17) is 0 Å². The highest BCUT2D eigenvalue weighted by Crippen LogP contribution is 2.38. The van der Waals surface area contributed by atoms with Crippen molar-refractivity contribution in [3.63, 3.8) is 0 Å².